The van der Waals surface area contributed by atoms with Crippen molar-refractivity contribution in [2.24, 2.45) is 12.8 Å². The topological polar surface area (TPSA) is 66.0 Å². The molecular formula is C13H18N4O. The molecule has 0 amide bonds. The van der Waals surface area contributed by atoms with E-state index in [1.165, 1.54) is 0 Å². The van der Waals surface area contributed by atoms with E-state index in [9.17, 15) is 0 Å². The van der Waals surface area contributed by atoms with Crippen molar-refractivity contribution in [2.45, 2.75) is 12.8 Å². The van der Waals surface area contributed by atoms with E-state index in [0.717, 1.165) is 29.4 Å². The molecule has 2 rings (SSSR count). The number of aryl methyl sites for hydroxylation is 1. The molecule has 5 heteroatoms. The van der Waals surface area contributed by atoms with Crippen molar-refractivity contribution < 1.29 is 4.74 Å². The Labute approximate surface area is 107 Å². The number of ether oxygens (including phenoxy) is 1. The minimum atomic E-state index is 0.588. The van der Waals surface area contributed by atoms with Gasteiger partial charge in [0.15, 0.2) is 5.82 Å². The molecule has 5 nitrogen and oxygen atoms in total. The van der Waals surface area contributed by atoms with Crippen molar-refractivity contribution >= 4 is 0 Å². The lowest BCUT2D eigenvalue weighted by Crippen LogP contribution is -2.08. The molecule has 0 fully saturated rings. The van der Waals surface area contributed by atoms with Gasteiger partial charge < -0.3 is 10.5 Å². The van der Waals surface area contributed by atoms with Crippen LogP contribution in [0.25, 0.3) is 0 Å². The molecule has 0 bridgehead atoms. The van der Waals surface area contributed by atoms with Crippen LogP contribution >= 0.6 is 0 Å². The second-order valence-electron chi connectivity index (χ2n) is 4.13. The largest absolute Gasteiger partial charge is 0.497 e. The highest BCUT2D eigenvalue weighted by Crippen LogP contribution is 2.14. The number of benzene rings is 1. The number of aromatic nitrogens is 3. The van der Waals surface area contributed by atoms with Crippen LogP contribution in [0.15, 0.2) is 24.3 Å². The number of nitrogens with two attached hydrogens (primary N) is 1. The second-order valence-corrected chi connectivity index (χ2v) is 4.13. The standard InChI is InChI=1S/C13H18N4O/c1-17-13(6-7-14)15-12(16-17)9-10-4-3-5-11(8-10)18-2/h3-5,8H,6-7,9,14H2,1-2H3. The highest BCUT2D eigenvalue weighted by atomic mass is 16.5. The third-order valence-electron chi connectivity index (χ3n) is 2.76. The minimum Gasteiger partial charge on any atom is -0.497 e. The van der Waals surface area contributed by atoms with Crippen LogP contribution in [-0.2, 0) is 19.9 Å². The van der Waals surface area contributed by atoms with Crippen LogP contribution in [0.5, 0.6) is 5.75 Å². The van der Waals surface area contributed by atoms with Gasteiger partial charge in [0.05, 0.1) is 7.11 Å². The second kappa shape index (κ2) is 5.64. The quantitative estimate of drug-likeness (QED) is 0.851. The highest BCUT2D eigenvalue weighted by Gasteiger charge is 2.07. The summed E-state index contributed by atoms with van der Waals surface area (Å²) in [6, 6.07) is 7.94. The number of hydrogen-bond acceptors (Lipinski definition) is 4. The summed E-state index contributed by atoms with van der Waals surface area (Å²) >= 11 is 0. The summed E-state index contributed by atoms with van der Waals surface area (Å²) in [6.07, 6.45) is 1.46. The molecule has 0 aliphatic rings. The molecule has 96 valence electrons. The van der Waals surface area contributed by atoms with Crippen LogP contribution in [0.1, 0.15) is 17.2 Å². The summed E-state index contributed by atoms with van der Waals surface area (Å²) in [5.41, 5.74) is 6.67. The normalized spacial score (nSPS) is 10.6. The van der Waals surface area contributed by atoms with E-state index >= 15 is 0 Å². The Morgan fingerprint density at radius 1 is 1.39 bits per heavy atom. The Morgan fingerprint density at radius 2 is 2.22 bits per heavy atom. The highest BCUT2D eigenvalue weighted by molar-refractivity contribution is 5.30. The summed E-state index contributed by atoms with van der Waals surface area (Å²) in [4.78, 5) is 4.48. The Bertz CT molecular complexity index is 521. The number of rotatable bonds is 5. The van der Waals surface area contributed by atoms with Gasteiger partial charge in [-0.25, -0.2) is 4.98 Å². The van der Waals surface area contributed by atoms with E-state index in [4.69, 9.17) is 10.5 Å². The van der Waals surface area contributed by atoms with E-state index in [0.29, 0.717) is 13.0 Å². The summed E-state index contributed by atoms with van der Waals surface area (Å²) in [6.45, 7) is 0.588. The first kappa shape index (κ1) is 12.6. The molecule has 1 heterocycles. The fourth-order valence-electron chi connectivity index (χ4n) is 1.86. The molecule has 0 aliphatic carbocycles. The molecule has 0 atom stereocenters. The molecule has 1 aromatic carbocycles. The van der Waals surface area contributed by atoms with Gasteiger partial charge in [-0.2, -0.15) is 5.10 Å². The van der Waals surface area contributed by atoms with Gasteiger partial charge in [-0.1, -0.05) is 12.1 Å². The predicted molar refractivity (Wildman–Crippen MR) is 69.6 cm³/mol. The summed E-state index contributed by atoms with van der Waals surface area (Å²) in [5.74, 6) is 2.59. The van der Waals surface area contributed by atoms with Crippen LogP contribution in [-0.4, -0.2) is 28.4 Å². The van der Waals surface area contributed by atoms with Gasteiger partial charge in [0, 0.05) is 19.9 Å². The smallest absolute Gasteiger partial charge is 0.155 e. The lowest BCUT2D eigenvalue weighted by Gasteiger charge is -2.01. The number of hydrogen-bond donors (Lipinski definition) is 1. The van der Waals surface area contributed by atoms with Crippen molar-refractivity contribution in [1.29, 1.82) is 0 Å². The molecule has 0 saturated carbocycles. The van der Waals surface area contributed by atoms with Crippen LogP contribution in [0.2, 0.25) is 0 Å². The Kier molecular flexibility index (Phi) is 3.94. The van der Waals surface area contributed by atoms with E-state index in [1.54, 1.807) is 11.8 Å². The zero-order valence-electron chi connectivity index (χ0n) is 10.8. The molecule has 1 aromatic heterocycles. The van der Waals surface area contributed by atoms with Gasteiger partial charge in [-0.3, -0.25) is 4.68 Å². The summed E-state index contributed by atoms with van der Waals surface area (Å²) in [5, 5.41) is 4.39. The Morgan fingerprint density at radius 3 is 2.94 bits per heavy atom. The third kappa shape index (κ3) is 2.87. The average Bonchev–Trinajstić information content (AvgIpc) is 2.70. The third-order valence-corrected chi connectivity index (χ3v) is 2.76. The molecule has 0 saturated heterocycles. The van der Waals surface area contributed by atoms with Gasteiger partial charge in [-0.05, 0) is 24.2 Å². The molecular weight excluding hydrogens is 228 g/mol. The molecule has 0 unspecified atom stereocenters. The fourth-order valence-corrected chi connectivity index (χ4v) is 1.86. The van der Waals surface area contributed by atoms with Crippen molar-refractivity contribution in [3.05, 3.63) is 41.5 Å². The monoisotopic (exact) mass is 246 g/mol. The zero-order valence-corrected chi connectivity index (χ0v) is 10.8. The van der Waals surface area contributed by atoms with Crippen molar-refractivity contribution in [3.63, 3.8) is 0 Å². The minimum absolute atomic E-state index is 0.588. The Hall–Kier alpha value is -1.88. The first-order chi connectivity index (χ1) is 8.72. The van der Waals surface area contributed by atoms with E-state index in [2.05, 4.69) is 10.1 Å². The van der Waals surface area contributed by atoms with Crippen molar-refractivity contribution in [2.75, 3.05) is 13.7 Å². The maximum Gasteiger partial charge on any atom is 0.155 e. The van der Waals surface area contributed by atoms with Gasteiger partial charge in [0.1, 0.15) is 11.6 Å². The predicted octanol–water partition coefficient (Wildman–Crippen LogP) is 0.916. The SMILES string of the molecule is COc1cccc(Cc2nc(CCN)n(C)n2)c1. The van der Waals surface area contributed by atoms with Crippen molar-refractivity contribution in [3.8, 4) is 5.75 Å². The number of methoxy groups -OCH3 is 1. The van der Waals surface area contributed by atoms with Crippen LogP contribution in [0, 0.1) is 0 Å². The van der Waals surface area contributed by atoms with Crippen LogP contribution in [0.4, 0.5) is 0 Å². The summed E-state index contributed by atoms with van der Waals surface area (Å²) in [7, 11) is 3.56. The van der Waals surface area contributed by atoms with Gasteiger partial charge in [-0.15, -0.1) is 0 Å². The first-order valence-electron chi connectivity index (χ1n) is 5.94. The fraction of sp³-hybridized carbons (Fsp3) is 0.385. The van der Waals surface area contributed by atoms with E-state index in [-0.39, 0.29) is 0 Å². The summed E-state index contributed by atoms with van der Waals surface area (Å²) < 4.78 is 6.99. The molecule has 2 aromatic rings. The molecule has 0 aliphatic heterocycles. The van der Waals surface area contributed by atoms with E-state index in [1.807, 2.05) is 31.3 Å². The van der Waals surface area contributed by atoms with Gasteiger partial charge >= 0.3 is 0 Å². The molecule has 0 radical (unpaired) electrons. The van der Waals surface area contributed by atoms with Crippen LogP contribution < -0.4 is 10.5 Å². The maximum atomic E-state index is 5.53. The molecule has 18 heavy (non-hydrogen) atoms. The van der Waals surface area contributed by atoms with Gasteiger partial charge in [0.25, 0.3) is 0 Å². The lowest BCUT2D eigenvalue weighted by molar-refractivity contribution is 0.414. The zero-order chi connectivity index (χ0) is 13.0. The van der Waals surface area contributed by atoms with E-state index < -0.39 is 0 Å². The Balaban J connectivity index is 2.15. The lowest BCUT2D eigenvalue weighted by atomic mass is 10.1. The van der Waals surface area contributed by atoms with Gasteiger partial charge in [0.2, 0.25) is 0 Å². The van der Waals surface area contributed by atoms with Crippen LogP contribution in [0.3, 0.4) is 0 Å². The average molecular weight is 246 g/mol. The van der Waals surface area contributed by atoms with Crippen molar-refractivity contribution in [1.82, 2.24) is 14.8 Å². The molecule has 0 spiro atoms. The molecule has 2 N–H and O–H groups in total. The number of nitrogens with zero attached hydrogens (tertiary/aromatic N) is 3. The first-order valence-corrected chi connectivity index (χ1v) is 5.94. The maximum absolute atomic E-state index is 5.53.